The smallest absolute Gasteiger partial charge is 0.161 e. The molecule has 0 aliphatic rings. The molecular formula is C9H20OSi. The fourth-order valence-electron chi connectivity index (χ4n) is 0.816. The molecule has 11 heavy (non-hydrogen) atoms. The van der Waals surface area contributed by atoms with Crippen molar-refractivity contribution >= 4 is 9.76 Å². The number of hydrogen-bond donors (Lipinski definition) is 0. The first-order valence-electron chi connectivity index (χ1n) is 4.51. The highest BCUT2D eigenvalue weighted by molar-refractivity contribution is 6.27. The fourth-order valence-corrected chi connectivity index (χ4v) is 1.71. The maximum atomic E-state index is 5.35. The van der Waals surface area contributed by atoms with Crippen molar-refractivity contribution in [2.45, 2.75) is 33.2 Å². The summed E-state index contributed by atoms with van der Waals surface area (Å²) in [7, 11) is -0.185. The lowest BCUT2D eigenvalue weighted by atomic mass is 10.2. The van der Waals surface area contributed by atoms with Crippen molar-refractivity contribution in [3.8, 4) is 0 Å². The Morgan fingerprint density at radius 1 is 1.45 bits per heavy atom. The molecule has 0 fully saturated rings. The van der Waals surface area contributed by atoms with Gasteiger partial charge in [-0.2, -0.15) is 0 Å². The van der Waals surface area contributed by atoms with Gasteiger partial charge in [-0.25, -0.2) is 0 Å². The van der Waals surface area contributed by atoms with Gasteiger partial charge in [-0.05, 0) is 25.3 Å². The van der Waals surface area contributed by atoms with Crippen LogP contribution in [0.15, 0.2) is 12.2 Å². The van der Waals surface area contributed by atoms with Crippen molar-refractivity contribution in [2.75, 3.05) is 6.61 Å². The molecule has 0 amide bonds. The van der Waals surface area contributed by atoms with Crippen molar-refractivity contribution in [1.82, 2.24) is 0 Å². The highest BCUT2D eigenvalue weighted by Crippen LogP contribution is 1.97. The van der Waals surface area contributed by atoms with Crippen LogP contribution in [0.2, 0.25) is 6.04 Å². The van der Waals surface area contributed by atoms with E-state index in [1.165, 1.54) is 12.5 Å². The molecule has 0 aromatic rings. The van der Waals surface area contributed by atoms with E-state index >= 15 is 0 Å². The Labute approximate surface area is 72.8 Å². The molecular weight excluding hydrogens is 152 g/mol. The van der Waals surface area contributed by atoms with E-state index in [1.54, 1.807) is 0 Å². The lowest BCUT2D eigenvalue weighted by molar-refractivity contribution is 0.360. The second-order valence-electron chi connectivity index (χ2n) is 3.01. The molecule has 0 saturated carbocycles. The normalized spacial score (nSPS) is 12.7. The summed E-state index contributed by atoms with van der Waals surface area (Å²) in [6, 6.07) is 1.29. The minimum atomic E-state index is -0.185. The van der Waals surface area contributed by atoms with Crippen LogP contribution >= 0.6 is 0 Å². The Hall–Kier alpha value is -0.0831. The van der Waals surface area contributed by atoms with E-state index in [2.05, 4.69) is 32.9 Å². The minimum Gasteiger partial charge on any atom is -0.424 e. The molecule has 0 heterocycles. The van der Waals surface area contributed by atoms with Crippen molar-refractivity contribution in [1.29, 1.82) is 0 Å². The lowest BCUT2D eigenvalue weighted by Crippen LogP contribution is -1.95. The molecule has 0 saturated heterocycles. The number of rotatable bonds is 6. The third-order valence-corrected chi connectivity index (χ3v) is 2.78. The Bertz CT molecular complexity index is 99.7. The Kier molecular flexibility index (Phi) is 7.96. The average Bonchev–Trinajstić information content (AvgIpc) is 1.96. The first-order valence-corrected chi connectivity index (χ1v) is 6.09. The number of allylic oxidation sites excluding steroid dienone is 2. The van der Waals surface area contributed by atoms with E-state index in [-0.39, 0.29) is 9.76 Å². The van der Waals surface area contributed by atoms with Gasteiger partial charge in [-0.15, -0.1) is 0 Å². The second-order valence-corrected chi connectivity index (χ2v) is 4.53. The van der Waals surface area contributed by atoms with Crippen LogP contribution in [0.5, 0.6) is 0 Å². The minimum absolute atomic E-state index is 0.185. The summed E-state index contributed by atoms with van der Waals surface area (Å²) < 4.78 is 5.35. The second kappa shape index (κ2) is 8.02. The maximum absolute atomic E-state index is 5.35. The summed E-state index contributed by atoms with van der Waals surface area (Å²) in [6.07, 6.45) is 5.75. The Morgan fingerprint density at radius 3 is 2.73 bits per heavy atom. The summed E-state index contributed by atoms with van der Waals surface area (Å²) in [4.78, 5) is 0. The van der Waals surface area contributed by atoms with Crippen molar-refractivity contribution in [3.05, 3.63) is 12.2 Å². The van der Waals surface area contributed by atoms with Crippen LogP contribution in [0.4, 0.5) is 0 Å². The highest BCUT2D eigenvalue weighted by Gasteiger charge is 1.86. The predicted molar refractivity (Wildman–Crippen MR) is 53.6 cm³/mol. The van der Waals surface area contributed by atoms with Crippen LogP contribution in [0, 0.1) is 5.92 Å². The van der Waals surface area contributed by atoms with Gasteiger partial charge in [0.05, 0.1) is 0 Å². The largest absolute Gasteiger partial charge is 0.424 e. The van der Waals surface area contributed by atoms with Crippen LogP contribution in [-0.4, -0.2) is 16.4 Å². The van der Waals surface area contributed by atoms with Gasteiger partial charge in [0.2, 0.25) is 0 Å². The lowest BCUT2D eigenvalue weighted by Gasteiger charge is -1.97. The highest BCUT2D eigenvalue weighted by atomic mass is 28.2. The standard InChI is InChI=1S/C9H20OSi/c1-4-10-11-8-6-5-7-9(2)3/h5,7,9H,4,6,8,11H2,1-3H3. The van der Waals surface area contributed by atoms with Crippen LogP contribution in [-0.2, 0) is 4.43 Å². The van der Waals surface area contributed by atoms with E-state index < -0.39 is 0 Å². The van der Waals surface area contributed by atoms with E-state index in [4.69, 9.17) is 4.43 Å². The molecule has 0 aliphatic carbocycles. The molecule has 0 N–H and O–H groups in total. The van der Waals surface area contributed by atoms with Gasteiger partial charge in [0.15, 0.2) is 9.76 Å². The molecule has 0 rings (SSSR count). The molecule has 0 aliphatic heterocycles. The first-order chi connectivity index (χ1) is 5.27. The van der Waals surface area contributed by atoms with E-state index in [9.17, 15) is 0 Å². The fraction of sp³-hybridized carbons (Fsp3) is 0.778. The summed E-state index contributed by atoms with van der Waals surface area (Å²) in [5.41, 5.74) is 0. The molecule has 0 atom stereocenters. The summed E-state index contributed by atoms with van der Waals surface area (Å²) in [6.45, 7) is 7.38. The Balaban J connectivity index is 3.01. The molecule has 0 aromatic carbocycles. The topological polar surface area (TPSA) is 9.23 Å². The molecule has 66 valence electrons. The average molecular weight is 172 g/mol. The van der Waals surface area contributed by atoms with Gasteiger partial charge in [0.1, 0.15) is 0 Å². The summed E-state index contributed by atoms with van der Waals surface area (Å²) >= 11 is 0. The number of hydrogen-bond acceptors (Lipinski definition) is 1. The van der Waals surface area contributed by atoms with Crippen molar-refractivity contribution in [2.24, 2.45) is 5.92 Å². The SMILES string of the molecule is CCO[SiH2]CCC=CC(C)C. The molecule has 0 radical (unpaired) electrons. The summed E-state index contributed by atoms with van der Waals surface area (Å²) in [5, 5.41) is 0. The quantitative estimate of drug-likeness (QED) is 0.339. The van der Waals surface area contributed by atoms with Gasteiger partial charge in [-0.1, -0.05) is 26.0 Å². The zero-order chi connectivity index (χ0) is 8.53. The van der Waals surface area contributed by atoms with Crippen LogP contribution in [0.3, 0.4) is 0 Å². The van der Waals surface area contributed by atoms with Crippen LogP contribution in [0.25, 0.3) is 0 Å². The molecule has 0 spiro atoms. The van der Waals surface area contributed by atoms with Gasteiger partial charge in [0.25, 0.3) is 0 Å². The van der Waals surface area contributed by atoms with Gasteiger partial charge in [0, 0.05) is 6.61 Å². The molecule has 1 nitrogen and oxygen atoms in total. The summed E-state index contributed by atoms with van der Waals surface area (Å²) in [5.74, 6) is 0.698. The van der Waals surface area contributed by atoms with E-state index in [1.807, 2.05) is 0 Å². The Morgan fingerprint density at radius 2 is 2.18 bits per heavy atom. The molecule has 0 bridgehead atoms. The predicted octanol–water partition coefficient (Wildman–Crippen LogP) is 2.13. The third kappa shape index (κ3) is 9.92. The molecule has 2 heteroatoms. The van der Waals surface area contributed by atoms with Crippen molar-refractivity contribution < 1.29 is 4.43 Å². The van der Waals surface area contributed by atoms with Crippen LogP contribution in [0.1, 0.15) is 27.2 Å². The zero-order valence-corrected chi connectivity index (χ0v) is 9.38. The van der Waals surface area contributed by atoms with E-state index in [0.717, 1.165) is 6.61 Å². The van der Waals surface area contributed by atoms with Crippen molar-refractivity contribution in [3.63, 3.8) is 0 Å². The van der Waals surface area contributed by atoms with E-state index in [0.29, 0.717) is 5.92 Å². The first kappa shape index (κ1) is 10.9. The molecule has 0 aromatic heterocycles. The van der Waals surface area contributed by atoms with Gasteiger partial charge >= 0.3 is 0 Å². The maximum Gasteiger partial charge on any atom is 0.161 e. The third-order valence-electron chi connectivity index (χ3n) is 1.38. The van der Waals surface area contributed by atoms with Gasteiger partial charge in [-0.3, -0.25) is 0 Å². The monoisotopic (exact) mass is 172 g/mol. The van der Waals surface area contributed by atoms with Crippen LogP contribution < -0.4 is 0 Å². The van der Waals surface area contributed by atoms with Gasteiger partial charge < -0.3 is 4.43 Å². The molecule has 0 unspecified atom stereocenters. The zero-order valence-electron chi connectivity index (χ0n) is 7.97.